The molecule has 0 aliphatic rings. The SMILES string of the molecule is CC/C=C\C/C=C\C/C=C\C/C=C\C/C=C\C/C=C\CCCCCCCCCOCC(COP(=O)(O)OCCN)OC(=O)CCC/C=C\C/C=C\C/C=C\C/C=C\C/C=C\CC. The van der Waals surface area contributed by atoms with Crippen LogP contribution >= 0.6 is 7.82 Å². The molecule has 2 unspecified atom stereocenters. The summed E-state index contributed by atoms with van der Waals surface area (Å²) in [6, 6.07) is 0. The first-order valence-corrected chi connectivity index (χ1v) is 25.2. The first-order valence-electron chi connectivity index (χ1n) is 23.7. The number of esters is 1. The van der Waals surface area contributed by atoms with Crippen LogP contribution in [0.15, 0.2) is 134 Å². The zero-order valence-corrected chi connectivity index (χ0v) is 39.7. The predicted octanol–water partition coefficient (Wildman–Crippen LogP) is 14.7. The smallest absolute Gasteiger partial charge is 0.457 e. The molecule has 9 heteroatoms. The molecule has 0 rings (SSSR count). The van der Waals surface area contributed by atoms with Crippen LogP contribution in [0.3, 0.4) is 0 Å². The van der Waals surface area contributed by atoms with Crippen LogP contribution in [0.2, 0.25) is 0 Å². The highest BCUT2D eigenvalue weighted by Gasteiger charge is 2.25. The van der Waals surface area contributed by atoms with E-state index in [4.69, 9.17) is 24.3 Å². The monoisotopic (exact) mass is 880 g/mol. The Kier molecular flexibility index (Phi) is 46.0. The Balaban J connectivity index is 4.12. The average molecular weight is 880 g/mol. The van der Waals surface area contributed by atoms with Gasteiger partial charge >= 0.3 is 13.8 Å². The molecule has 0 saturated carbocycles. The topological polar surface area (TPSA) is 117 Å². The quantitative estimate of drug-likeness (QED) is 0.0269. The van der Waals surface area contributed by atoms with Crippen molar-refractivity contribution in [2.45, 2.75) is 161 Å². The highest BCUT2D eigenvalue weighted by atomic mass is 31.2. The number of rotatable bonds is 43. The van der Waals surface area contributed by atoms with E-state index in [9.17, 15) is 14.3 Å². The Morgan fingerprint density at radius 3 is 1.27 bits per heavy atom. The second kappa shape index (κ2) is 48.7. The second-order valence-corrected chi connectivity index (χ2v) is 16.3. The zero-order valence-electron chi connectivity index (χ0n) is 38.8. The predicted molar refractivity (Wildman–Crippen MR) is 265 cm³/mol. The van der Waals surface area contributed by atoms with Gasteiger partial charge in [-0.05, 0) is 103 Å². The van der Waals surface area contributed by atoms with E-state index in [0.717, 1.165) is 103 Å². The molecule has 0 bridgehead atoms. The van der Waals surface area contributed by atoms with Crippen molar-refractivity contribution in [1.82, 2.24) is 0 Å². The van der Waals surface area contributed by atoms with Crippen LogP contribution in [0.25, 0.3) is 0 Å². The minimum atomic E-state index is -4.31. The van der Waals surface area contributed by atoms with Gasteiger partial charge in [0.15, 0.2) is 0 Å². The van der Waals surface area contributed by atoms with E-state index in [-0.39, 0.29) is 32.8 Å². The van der Waals surface area contributed by atoms with Crippen LogP contribution in [0, 0.1) is 0 Å². The molecule has 3 N–H and O–H groups in total. The first-order chi connectivity index (χ1) is 30.4. The summed E-state index contributed by atoms with van der Waals surface area (Å²) in [6.07, 6.45) is 69.2. The number of phosphoric acid groups is 1. The van der Waals surface area contributed by atoms with E-state index in [1.807, 2.05) is 0 Å². The molecule has 0 amide bonds. The van der Waals surface area contributed by atoms with Crippen molar-refractivity contribution in [3.05, 3.63) is 134 Å². The molecule has 0 aromatic rings. The molecule has 0 saturated heterocycles. The van der Waals surface area contributed by atoms with Crippen LogP contribution in [0.5, 0.6) is 0 Å². The van der Waals surface area contributed by atoms with E-state index in [0.29, 0.717) is 13.0 Å². The summed E-state index contributed by atoms with van der Waals surface area (Å²) in [5, 5.41) is 0. The fourth-order valence-electron chi connectivity index (χ4n) is 5.68. The summed E-state index contributed by atoms with van der Waals surface area (Å²) >= 11 is 0. The molecule has 0 aliphatic carbocycles. The number of ether oxygens (including phenoxy) is 2. The van der Waals surface area contributed by atoms with Gasteiger partial charge in [0.05, 0.1) is 19.8 Å². The lowest BCUT2D eigenvalue weighted by Gasteiger charge is -2.20. The maximum atomic E-state index is 12.6. The lowest BCUT2D eigenvalue weighted by Crippen LogP contribution is -2.28. The highest BCUT2D eigenvalue weighted by molar-refractivity contribution is 7.47. The van der Waals surface area contributed by atoms with Gasteiger partial charge in [-0.15, -0.1) is 0 Å². The van der Waals surface area contributed by atoms with Crippen molar-refractivity contribution in [3.8, 4) is 0 Å². The first kappa shape index (κ1) is 58.6. The van der Waals surface area contributed by atoms with Crippen LogP contribution < -0.4 is 5.73 Å². The van der Waals surface area contributed by atoms with Crippen molar-refractivity contribution in [2.24, 2.45) is 5.73 Å². The van der Waals surface area contributed by atoms with Gasteiger partial charge in [-0.25, -0.2) is 4.57 Å². The third-order valence-electron chi connectivity index (χ3n) is 9.06. The lowest BCUT2D eigenvalue weighted by molar-refractivity contribution is -0.154. The van der Waals surface area contributed by atoms with Gasteiger partial charge in [0.1, 0.15) is 6.10 Å². The summed E-state index contributed by atoms with van der Waals surface area (Å²) < 4.78 is 33.4. The zero-order chi connectivity index (χ0) is 45.1. The number of unbranched alkanes of at least 4 members (excludes halogenated alkanes) is 8. The number of phosphoric ester groups is 1. The minimum Gasteiger partial charge on any atom is -0.457 e. The van der Waals surface area contributed by atoms with E-state index < -0.39 is 19.9 Å². The fourth-order valence-corrected chi connectivity index (χ4v) is 6.45. The Morgan fingerprint density at radius 2 is 0.855 bits per heavy atom. The van der Waals surface area contributed by atoms with Crippen molar-refractivity contribution < 1.29 is 32.8 Å². The summed E-state index contributed by atoms with van der Waals surface area (Å²) in [5.41, 5.74) is 5.37. The molecule has 0 heterocycles. The summed E-state index contributed by atoms with van der Waals surface area (Å²) in [6.45, 7) is 4.54. The van der Waals surface area contributed by atoms with Crippen molar-refractivity contribution >= 4 is 13.8 Å². The molecule has 0 spiro atoms. The van der Waals surface area contributed by atoms with Gasteiger partial charge in [0, 0.05) is 19.6 Å². The van der Waals surface area contributed by atoms with Gasteiger partial charge < -0.3 is 20.1 Å². The molecular formula is C53H86NO7P. The normalized spacial score (nSPS) is 14.6. The Hall–Kier alpha value is -3.36. The third-order valence-corrected chi connectivity index (χ3v) is 10.0. The number of allylic oxidation sites excluding steroid dienone is 22. The number of carbonyl (C=O) groups excluding carboxylic acids is 1. The Morgan fingerprint density at radius 1 is 0.484 bits per heavy atom. The fraction of sp³-hybridized carbons (Fsp3) is 0.566. The molecule has 8 nitrogen and oxygen atoms in total. The van der Waals surface area contributed by atoms with E-state index in [2.05, 4.69) is 148 Å². The van der Waals surface area contributed by atoms with Gasteiger partial charge in [-0.2, -0.15) is 0 Å². The molecular weight excluding hydrogens is 794 g/mol. The van der Waals surface area contributed by atoms with Gasteiger partial charge in [0.2, 0.25) is 0 Å². The Labute approximate surface area is 378 Å². The number of hydrogen-bond acceptors (Lipinski definition) is 7. The van der Waals surface area contributed by atoms with Gasteiger partial charge in [-0.1, -0.05) is 180 Å². The van der Waals surface area contributed by atoms with Crippen LogP contribution in [-0.2, 0) is 27.9 Å². The van der Waals surface area contributed by atoms with Gasteiger partial charge in [-0.3, -0.25) is 13.8 Å². The molecule has 0 radical (unpaired) electrons. The molecule has 0 aromatic heterocycles. The van der Waals surface area contributed by atoms with E-state index in [1.165, 1.54) is 25.7 Å². The number of nitrogens with two attached hydrogens (primary N) is 1. The van der Waals surface area contributed by atoms with E-state index >= 15 is 0 Å². The summed E-state index contributed by atoms with van der Waals surface area (Å²) in [4.78, 5) is 22.5. The second-order valence-electron chi connectivity index (χ2n) is 14.9. The van der Waals surface area contributed by atoms with Crippen LogP contribution in [-0.4, -0.2) is 49.9 Å². The molecule has 62 heavy (non-hydrogen) atoms. The van der Waals surface area contributed by atoms with Crippen LogP contribution in [0.1, 0.15) is 155 Å². The van der Waals surface area contributed by atoms with Crippen molar-refractivity contribution in [1.29, 1.82) is 0 Å². The lowest BCUT2D eigenvalue weighted by atomic mass is 10.1. The largest absolute Gasteiger partial charge is 0.472 e. The maximum absolute atomic E-state index is 12.6. The average Bonchev–Trinajstić information content (AvgIpc) is 3.26. The maximum Gasteiger partial charge on any atom is 0.472 e. The third kappa shape index (κ3) is 47.7. The standard InChI is InChI=1S/C53H86NO7P/c1-3-5-7-9-11-13-15-17-19-21-22-23-24-25-26-27-28-29-31-33-35-37-39-41-43-45-48-58-50-52(51-60-62(56,57)59-49-47-54)61-53(55)46-44-42-40-38-36-34-32-30-20-18-16-14-12-10-8-6-4-2/h5-8,11-14,17-20,22-23,25-26,28-29,32,34,38,40,52H,3-4,9-10,15-16,21,24,27,30-31,33,35-37,39,41-51,54H2,1-2H3,(H,56,57)/b7-5-,8-6-,13-11-,14-12-,19-17-,20-18-,23-22-,26-25-,29-28-,34-32-,40-38-. The molecule has 350 valence electrons. The van der Waals surface area contributed by atoms with Gasteiger partial charge in [0.25, 0.3) is 0 Å². The summed E-state index contributed by atoms with van der Waals surface area (Å²) in [5.74, 6) is -0.397. The molecule has 2 atom stereocenters. The number of carbonyl (C=O) groups is 1. The van der Waals surface area contributed by atoms with Crippen molar-refractivity contribution in [2.75, 3.05) is 33.0 Å². The molecule has 0 aromatic carbocycles. The van der Waals surface area contributed by atoms with E-state index in [1.54, 1.807) is 0 Å². The molecule has 0 fully saturated rings. The van der Waals surface area contributed by atoms with Crippen LogP contribution in [0.4, 0.5) is 0 Å². The highest BCUT2D eigenvalue weighted by Crippen LogP contribution is 2.43. The van der Waals surface area contributed by atoms with Crippen molar-refractivity contribution in [3.63, 3.8) is 0 Å². The minimum absolute atomic E-state index is 0.0754. The molecule has 0 aliphatic heterocycles. The summed E-state index contributed by atoms with van der Waals surface area (Å²) in [7, 11) is -4.31. The number of hydrogen-bond donors (Lipinski definition) is 2. The Bertz CT molecular complexity index is 1400.